The zero-order chi connectivity index (χ0) is 25.8. The number of aryl methyl sites for hydroxylation is 1. The Labute approximate surface area is 218 Å². The summed E-state index contributed by atoms with van der Waals surface area (Å²) in [6.07, 6.45) is 1.55. The Balaban J connectivity index is 1.47. The number of nitrogens with zero attached hydrogens (tertiary/aromatic N) is 1. The third-order valence-corrected chi connectivity index (χ3v) is 9.29. The SMILES string of the molecule is Cc1cccc2c1NC(=O)[C@]21N2CCC[C@H]2[C@@H](C(=O)c2cc3ccccc3o2)[C@]12C(=O)Nc1ccccc12. The van der Waals surface area contributed by atoms with E-state index in [4.69, 9.17) is 4.42 Å². The summed E-state index contributed by atoms with van der Waals surface area (Å²) in [5.74, 6) is -1.39. The average molecular weight is 504 g/mol. The van der Waals surface area contributed by atoms with Crippen molar-refractivity contribution in [3.63, 3.8) is 0 Å². The van der Waals surface area contributed by atoms with Crippen molar-refractivity contribution in [2.24, 2.45) is 5.92 Å². The molecule has 0 aliphatic carbocycles. The van der Waals surface area contributed by atoms with Crippen LogP contribution in [0.2, 0.25) is 0 Å². The molecular weight excluding hydrogens is 478 g/mol. The number of benzene rings is 3. The monoisotopic (exact) mass is 503 g/mol. The first-order valence-corrected chi connectivity index (χ1v) is 13.1. The first-order chi connectivity index (χ1) is 18.5. The van der Waals surface area contributed by atoms with Gasteiger partial charge in [0.1, 0.15) is 16.5 Å². The van der Waals surface area contributed by atoms with Crippen LogP contribution in [0.3, 0.4) is 0 Å². The Bertz CT molecular complexity index is 1690. The fourth-order valence-corrected chi connectivity index (χ4v) is 8.01. The molecule has 2 N–H and O–H groups in total. The first kappa shape index (κ1) is 21.8. The average Bonchev–Trinajstić information content (AvgIpc) is 3.71. The largest absolute Gasteiger partial charge is 0.453 e. The number of furan rings is 1. The summed E-state index contributed by atoms with van der Waals surface area (Å²) in [4.78, 5) is 45.8. The fraction of sp³-hybridized carbons (Fsp3) is 0.258. The highest BCUT2D eigenvalue weighted by atomic mass is 16.3. The lowest BCUT2D eigenvalue weighted by Crippen LogP contribution is -2.62. The molecule has 7 heteroatoms. The van der Waals surface area contributed by atoms with E-state index in [1.807, 2.05) is 73.7 Å². The maximum atomic E-state index is 14.7. The van der Waals surface area contributed by atoms with Gasteiger partial charge in [-0.15, -0.1) is 0 Å². The van der Waals surface area contributed by atoms with Crippen molar-refractivity contribution >= 4 is 39.9 Å². The van der Waals surface area contributed by atoms with Crippen LogP contribution in [0.4, 0.5) is 11.4 Å². The molecule has 1 aromatic heterocycles. The van der Waals surface area contributed by atoms with Crippen LogP contribution in [0.1, 0.15) is 40.1 Å². The number of para-hydroxylation sites is 3. The number of nitrogens with one attached hydrogen (secondary N) is 2. The second-order valence-corrected chi connectivity index (χ2v) is 10.9. The smallest absolute Gasteiger partial charge is 0.251 e. The third kappa shape index (κ3) is 2.28. The highest BCUT2D eigenvalue weighted by molar-refractivity contribution is 6.21. The lowest BCUT2D eigenvalue weighted by Gasteiger charge is -2.43. The first-order valence-electron chi connectivity index (χ1n) is 13.1. The molecule has 4 aliphatic rings. The maximum absolute atomic E-state index is 14.7. The number of hydrogen-bond acceptors (Lipinski definition) is 5. The number of hydrogen-bond donors (Lipinski definition) is 2. The summed E-state index contributed by atoms with van der Waals surface area (Å²) in [5.41, 5.74) is 1.56. The summed E-state index contributed by atoms with van der Waals surface area (Å²) in [5, 5.41) is 7.04. The molecule has 0 bridgehead atoms. The second kappa shape index (κ2) is 7.20. The van der Waals surface area contributed by atoms with E-state index in [2.05, 4.69) is 15.5 Å². The molecule has 38 heavy (non-hydrogen) atoms. The Morgan fingerprint density at radius 2 is 1.74 bits per heavy atom. The predicted octanol–water partition coefficient (Wildman–Crippen LogP) is 4.76. The second-order valence-electron chi connectivity index (χ2n) is 10.9. The molecule has 4 aromatic rings. The van der Waals surface area contributed by atoms with Crippen LogP contribution in [0.5, 0.6) is 0 Å². The summed E-state index contributed by atoms with van der Waals surface area (Å²) >= 11 is 0. The van der Waals surface area contributed by atoms with Crippen molar-refractivity contribution in [2.45, 2.75) is 36.8 Å². The Kier molecular flexibility index (Phi) is 4.13. The van der Waals surface area contributed by atoms with Crippen LogP contribution in [0, 0.1) is 12.8 Å². The number of carbonyl (C=O) groups is 3. The van der Waals surface area contributed by atoms with Crippen LogP contribution in [0.25, 0.3) is 11.0 Å². The number of carbonyl (C=O) groups excluding carboxylic acids is 3. The number of fused-ring (bicyclic) bond motifs is 8. The van der Waals surface area contributed by atoms with Gasteiger partial charge in [0.05, 0.1) is 5.92 Å². The number of amides is 2. The molecule has 0 saturated carbocycles. The van der Waals surface area contributed by atoms with E-state index in [0.717, 1.165) is 28.6 Å². The van der Waals surface area contributed by atoms with Crippen LogP contribution in [-0.2, 0) is 20.5 Å². The van der Waals surface area contributed by atoms with Crippen LogP contribution in [-0.4, -0.2) is 35.1 Å². The van der Waals surface area contributed by atoms with E-state index in [0.29, 0.717) is 29.8 Å². The number of anilines is 2. The normalized spacial score (nSPS) is 29.1. The minimum atomic E-state index is -1.46. The van der Waals surface area contributed by atoms with Crippen molar-refractivity contribution in [1.29, 1.82) is 0 Å². The number of rotatable bonds is 2. The van der Waals surface area contributed by atoms with E-state index in [1.165, 1.54) is 0 Å². The van der Waals surface area contributed by atoms with Crippen molar-refractivity contribution in [2.75, 3.05) is 17.2 Å². The molecule has 5 heterocycles. The van der Waals surface area contributed by atoms with E-state index < -0.39 is 16.9 Å². The molecule has 3 aromatic carbocycles. The van der Waals surface area contributed by atoms with Gasteiger partial charge in [0.15, 0.2) is 5.76 Å². The van der Waals surface area contributed by atoms with Gasteiger partial charge in [0.2, 0.25) is 11.7 Å². The molecule has 0 radical (unpaired) electrons. The summed E-state index contributed by atoms with van der Waals surface area (Å²) in [6.45, 7) is 2.58. The van der Waals surface area contributed by atoms with Gasteiger partial charge in [-0.25, -0.2) is 0 Å². The molecule has 4 aliphatic heterocycles. The standard InChI is InChI=1S/C31H25N3O4/c1-17-8-6-11-20-26(17)33-29(37)31(20)30(19-10-3-4-12-21(19)32-28(30)36)25(22-13-7-15-34(22)31)27(35)24-16-18-9-2-5-14-23(18)38-24/h2-6,8-12,14,16,22,25H,7,13,15H2,1H3,(H,32,36)(H,33,37)/t22-,25-,30+,31+/m0/s1. The van der Waals surface area contributed by atoms with Crippen molar-refractivity contribution in [3.8, 4) is 0 Å². The molecule has 8 rings (SSSR count). The summed E-state index contributed by atoms with van der Waals surface area (Å²) in [7, 11) is 0. The van der Waals surface area contributed by atoms with Gasteiger partial charge >= 0.3 is 0 Å². The lowest BCUT2D eigenvalue weighted by molar-refractivity contribution is -0.137. The Hall–Kier alpha value is -4.23. The quantitative estimate of drug-likeness (QED) is 0.385. The Morgan fingerprint density at radius 1 is 0.947 bits per heavy atom. The number of Topliss-reactive ketones (excluding diaryl/α,β-unsaturated/α-hetero) is 1. The molecule has 7 nitrogen and oxygen atoms in total. The zero-order valence-electron chi connectivity index (χ0n) is 20.8. The minimum absolute atomic E-state index is 0.222. The molecule has 4 atom stereocenters. The molecular formula is C31H25N3O4. The number of ketones is 1. The van der Waals surface area contributed by atoms with Crippen molar-refractivity contribution in [1.82, 2.24) is 4.90 Å². The van der Waals surface area contributed by atoms with Gasteiger partial charge in [-0.1, -0.05) is 54.6 Å². The highest BCUT2D eigenvalue weighted by Crippen LogP contribution is 2.68. The van der Waals surface area contributed by atoms with E-state index in [9.17, 15) is 14.4 Å². The highest BCUT2D eigenvalue weighted by Gasteiger charge is 2.81. The van der Waals surface area contributed by atoms with Gasteiger partial charge in [-0.05, 0) is 55.6 Å². The topological polar surface area (TPSA) is 91.7 Å². The van der Waals surface area contributed by atoms with Crippen molar-refractivity contribution < 1.29 is 18.8 Å². The van der Waals surface area contributed by atoms with E-state index in [-0.39, 0.29) is 29.4 Å². The molecule has 2 fully saturated rings. The van der Waals surface area contributed by atoms with Gasteiger partial charge in [-0.2, -0.15) is 0 Å². The van der Waals surface area contributed by atoms with Crippen LogP contribution < -0.4 is 10.6 Å². The van der Waals surface area contributed by atoms with Crippen LogP contribution >= 0.6 is 0 Å². The maximum Gasteiger partial charge on any atom is 0.251 e. The minimum Gasteiger partial charge on any atom is -0.453 e. The van der Waals surface area contributed by atoms with Gasteiger partial charge in [-0.3, -0.25) is 19.3 Å². The summed E-state index contributed by atoms with van der Waals surface area (Å²) < 4.78 is 6.08. The van der Waals surface area contributed by atoms with Gasteiger partial charge in [0, 0.05) is 28.4 Å². The van der Waals surface area contributed by atoms with Gasteiger partial charge in [0.25, 0.3) is 5.91 Å². The van der Waals surface area contributed by atoms with E-state index in [1.54, 1.807) is 6.07 Å². The zero-order valence-corrected chi connectivity index (χ0v) is 20.8. The fourth-order valence-electron chi connectivity index (χ4n) is 8.01. The molecule has 2 amide bonds. The Morgan fingerprint density at radius 3 is 2.61 bits per heavy atom. The predicted molar refractivity (Wildman–Crippen MR) is 142 cm³/mol. The summed E-state index contributed by atoms with van der Waals surface area (Å²) in [6, 6.07) is 22.3. The third-order valence-electron chi connectivity index (χ3n) is 9.29. The van der Waals surface area contributed by atoms with Gasteiger partial charge < -0.3 is 15.1 Å². The lowest BCUT2D eigenvalue weighted by atomic mass is 9.57. The van der Waals surface area contributed by atoms with Crippen LogP contribution in [0.15, 0.2) is 77.2 Å². The molecule has 188 valence electrons. The van der Waals surface area contributed by atoms with E-state index >= 15 is 0 Å². The molecule has 0 unspecified atom stereocenters. The molecule has 2 spiro atoms. The molecule has 2 saturated heterocycles. The van der Waals surface area contributed by atoms with Crippen molar-refractivity contribution in [3.05, 3.63) is 95.2 Å².